The van der Waals surface area contributed by atoms with E-state index in [2.05, 4.69) is 30.4 Å². The molecule has 0 aromatic heterocycles. The second kappa shape index (κ2) is 4.27. The van der Waals surface area contributed by atoms with E-state index in [1.807, 2.05) is 4.90 Å². The summed E-state index contributed by atoms with van der Waals surface area (Å²) >= 11 is 0. The highest BCUT2D eigenvalue weighted by molar-refractivity contribution is 5.51. The Morgan fingerprint density at radius 1 is 1.43 bits per heavy atom. The van der Waals surface area contributed by atoms with Crippen molar-refractivity contribution >= 4 is 6.41 Å². The SMILES string of the molecule is O=CN1CCCC1C1=CC=CCC=C1. The van der Waals surface area contributed by atoms with Crippen LogP contribution in [0.5, 0.6) is 0 Å². The Hall–Kier alpha value is -1.31. The molecule has 1 aliphatic carbocycles. The van der Waals surface area contributed by atoms with E-state index in [9.17, 15) is 4.79 Å². The van der Waals surface area contributed by atoms with Crippen LogP contribution in [0.25, 0.3) is 0 Å². The molecule has 0 radical (unpaired) electrons. The summed E-state index contributed by atoms with van der Waals surface area (Å²) < 4.78 is 0. The predicted molar refractivity (Wildman–Crippen MR) is 56.8 cm³/mol. The Kier molecular flexibility index (Phi) is 2.82. The van der Waals surface area contributed by atoms with Crippen molar-refractivity contribution in [2.24, 2.45) is 0 Å². The number of carbonyl (C=O) groups is 1. The van der Waals surface area contributed by atoms with Gasteiger partial charge in [-0.25, -0.2) is 0 Å². The number of hydrogen-bond acceptors (Lipinski definition) is 1. The summed E-state index contributed by atoms with van der Waals surface area (Å²) in [6.07, 6.45) is 14.8. The minimum atomic E-state index is 0.312. The minimum Gasteiger partial charge on any atom is -0.338 e. The highest BCUT2D eigenvalue weighted by atomic mass is 16.1. The van der Waals surface area contributed by atoms with Gasteiger partial charge < -0.3 is 4.90 Å². The number of nitrogens with zero attached hydrogens (tertiary/aromatic N) is 1. The summed E-state index contributed by atoms with van der Waals surface area (Å²) in [6, 6.07) is 0.312. The van der Waals surface area contributed by atoms with E-state index in [1.54, 1.807) is 0 Å². The van der Waals surface area contributed by atoms with Gasteiger partial charge in [-0.3, -0.25) is 4.79 Å². The van der Waals surface area contributed by atoms with Gasteiger partial charge in [-0.05, 0) is 24.8 Å². The first-order valence-electron chi connectivity index (χ1n) is 5.16. The van der Waals surface area contributed by atoms with Crippen LogP contribution in [0.1, 0.15) is 19.3 Å². The van der Waals surface area contributed by atoms with E-state index in [0.29, 0.717) is 6.04 Å². The standard InChI is InChI=1S/C12H15NO/c14-10-13-9-5-8-12(13)11-6-3-1-2-4-7-11/h1,3-4,6-7,10,12H,2,5,8-9H2. The zero-order valence-corrected chi connectivity index (χ0v) is 8.23. The first-order valence-corrected chi connectivity index (χ1v) is 5.16. The average molecular weight is 189 g/mol. The highest BCUT2D eigenvalue weighted by Crippen LogP contribution is 2.24. The monoisotopic (exact) mass is 189 g/mol. The molecule has 0 spiro atoms. The number of rotatable bonds is 2. The zero-order valence-electron chi connectivity index (χ0n) is 8.23. The molecule has 2 nitrogen and oxygen atoms in total. The predicted octanol–water partition coefficient (Wildman–Crippen LogP) is 2.05. The first-order chi connectivity index (χ1) is 6.92. The molecule has 1 saturated heterocycles. The van der Waals surface area contributed by atoms with Crippen molar-refractivity contribution < 1.29 is 4.79 Å². The number of likely N-dealkylation sites (tertiary alicyclic amines) is 1. The third kappa shape index (κ3) is 1.79. The maximum absolute atomic E-state index is 10.8. The quantitative estimate of drug-likeness (QED) is 0.609. The van der Waals surface area contributed by atoms with Gasteiger partial charge in [0.1, 0.15) is 0 Å². The average Bonchev–Trinajstić information content (AvgIpc) is 2.52. The number of hydrogen-bond donors (Lipinski definition) is 0. The van der Waals surface area contributed by atoms with Gasteiger partial charge in [0.25, 0.3) is 0 Å². The van der Waals surface area contributed by atoms with E-state index in [-0.39, 0.29) is 0 Å². The molecule has 1 heterocycles. The Bertz CT molecular complexity index is 301. The molecule has 14 heavy (non-hydrogen) atoms. The molecule has 2 rings (SSSR count). The van der Waals surface area contributed by atoms with Gasteiger partial charge in [-0.2, -0.15) is 0 Å². The van der Waals surface area contributed by atoms with Gasteiger partial charge in [0, 0.05) is 6.54 Å². The Balaban J connectivity index is 2.16. The van der Waals surface area contributed by atoms with Crippen LogP contribution in [-0.2, 0) is 4.79 Å². The van der Waals surface area contributed by atoms with Crippen LogP contribution in [-0.4, -0.2) is 23.9 Å². The van der Waals surface area contributed by atoms with Gasteiger partial charge >= 0.3 is 0 Å². The highest BCUT2D eigenvalue weighted by Gasteiger charge is 2.24. The van der Waals surface area contributed by atoms with Crippen LogP contribution >= 0.6 is 0 Å². The maximum atomic E-state index is 10.8. The molecular weight excluding hydrogens is 174 g/mol. The molecule has 1 aliphatic heterocycles. The fourth-order valence-corrected chi connectivity index (χ4v) is 2.09. The van der Waals surface area contributed by atoms with Crippen LogP contribution in [0.3, 0.4) is 0 Å². The summed E-state index contributed by atoms with van der Waals surface area (Å²) in [5.74, 6) is 0. The Morgan fingerprint density at radius 2 is 2.36 bits per heavy atom. The number of carbonyl (C=O) groups excluding carboxylic acids is 1. The smallest absolute Gasteiger partial charge is 0.210 e. The molecule has 0 aromatic rings. The fraction of sp³-hybridized carbons (Fsp3) is 0.417. The molecule has 0 bridgehead atoms. The molecular formula is C12H15NO. The van der Waals surface area contributed by atoms with Crippen molar-refractivity contribution in [3.05, 3.63) is 36.0 Å². The molecule has 2 heteroatoms. The molecule has 1 unspecified atom stereocenters. The van der Waals surface area contributed by atoms with Gasteiger partial charge in [-0.15, -0.1) is 0 Å². The van der Waals surface area contributed by atoms with E-state index in [4.69, 9.17) is 0 Å². The summed E-state index contributed by atoms with van der Waals surface area (Å²) in [7, 11) is 0. The van der Waals surface area contributed by atoms with Crippen molar-refractivity contribution in [3.63, 3.8) is 0 Å². The lowest BCUT2D eigenvalue weighted by Crippen LogP contribution is -2.28. The lowest BCUT2D eigenvalue weighted by atomic mass is 10.0. The number of amides is 1. The topological polar surface area (TPSA) is 20.3 Å². The van der Waals surface area contributed by atoms with Crippen LogP contribution in [0.2, 0.25) is 0 Å². The lowest BCUT2D eigenvalue weighted by Gasteiger charge is -2.20. The summed E-state index contributed by atoms with van der Waals surface area (Å²) in [5.41, 5.74) is 1.27. The summed E-state index contributed by atoms with van der Waals surface area (Å²) in [6.45, 7) is 0.906. The van der Waals surface area contributed by atoms with E-state index in [1.165, 1.54) is 5.57 Å². The molecule has 1 fully saturated rings. The normalized spacial score (nSPS) is 26.1. The van der Waals surface area contributed by atoms with Crippen molar-refractivity contribution in [2.75, 3.05) is 6.54 Å². The van der Waals surface area contributed by atoms with Gasteiger partial charge in [0.05, 0.1) is 6.04 Å². The van der Waals surface area contributed by atoms with Gasteiger partial charge in [-0.1, -0.05) is 30.4 Å². The molecule has 0 aromatic carbocycles. The van der Waals surface area contributed by atoms with Crippen molar-refractivity contribution in [1.82, 2.24) is 4.90 Å². The molecule has 1 amide bonds. The van der Waals surface area contributed by atoms with Crippen LogP contribution in [0.15, 0.2) is 36.0 Å². The second-order valence-corrected chi connectivity index (χ2v) is 3.73. The van der Waals surface area contributed by atoms with Crippen LogP contribution < -0.4 is 0 Å². The van der Waals surface area contributed by atoms with Gasteiger partial charge in [0.2, 0.25) is 6.41 Å². The lowest BCUT2D eigenvalue weighted by molar-refractivity contribution is -0.118. The van der Waals surface area contributed by atoms with Crippen LogP contribution in [0.4, 0.5) is 0 Å². The molecule has 2 aliphatic rings. The Labute approximate surface area is 84.6 Å². The van der Waals surface area contributed by atoms with Crippen molar-refractivity contribution in [2.45, 2.75) is 25.3 Å². The first kappa shape index (κ1) is 9.25. The summed E-state index contributed by atoms with van der Waals surface area (Å²) in [4.78, 5) is 12.7. The maximum Gasteiger partial charge on any atom is 0.210 e. The number of allylic oxidation sites excluding steroid dienone is 4. The van der Waals surface area contributed by atoms with Crippen molar-refractivity contribution in [1.29, 1.82) is 0 Å². The van der Waals surface area contributed by atoms with Crippen molar-refractivity contribution in [3.8, 4) is 0 Å². The Morgan fingerprint density at radius 3 is 3.21 bits per heavy atom. The van der Waals surface area contributed by atoms with E-state index < -0.39 is 0 Å². The third-order valence-corrected chi connectivity index (χ3v) is 2.82. The van der Waals surface area contributed by atoms with E-state index >= 15 is 0 Å². The summed E-state index contributed by atoms with van der Waals surface area (Å²) in [5, 5.41) is 0. The molecule has 1 atom stereocenters. The minimum absolute atomic E-state index is 0.312. The molecule has 0 saturated carbocycles. The fourth-order valence-electron chi connectivity index (χ4n) is 2.09. The second-order valence-electron chi connectivity index (χ2n) is 3.73. The molecule has 74 valence electrons. The van der Waals surface area contributed by atoms with Crippen LogP contribution in [0, 0.1) is 0 Å². The zero-order chi connectivity index (χ0) is 9.80. The largest absolute Gasteiger partial charge is 0.338 e. The third-order valence-electron chi connectivity index (χ3n) is 2.82. The molecule has 0 N–H and O–H groups in total. The van der Waals surface area contributed by atoms with E-state index in [0.717, 1.165) is 32.2 Å². The van der Waals surface area contributed by atoms with Gasteiger partial charge in [0.15, 0.2) is 0 Å².